The van der Waals surface area contributed by atoms with E-state index in [9.17, 15) is 9.59 Å². The lowest BCUT2D eigenvalue weighted by Crippen LogP contribution is -2.13. The molecular weight excluding hydrogens is 809 g/mol. The monoisotopic (exact) mass is 844 g/mol. The Morgan fingerprint density at radius 3 is 1.29 bits per heavy atom. The zero-order valence-corrected chi connectivity index (χ0v) is 35.4. The van der Waals surface area contributed by atoms with E-state index in [0.29, 0.717) is 11.3 Å². The van der Waals surface area contributed by atoms with Crippen molar-refractivity contribution in [3.8, 4) is 44.5 Å². The fourth-order valence-electron chi connectivity index (χ4n) is 10.1. The van der Waals surface area contributed by atoms with Crippen LogP contribution in [-0.4, -0.2) is 18.8 Å². The van der Waals surface area contributed by atoms with Gasteiger partial charge in [0.05, 0.1) is 22.1 Å². The highest BCUT2D eigenvalue weighted by atomic mass is 16.1. The zero-order valence-electron chi connectivity index (χ0n) is 35.4. The van der Waals surface area contributed by atoms with Gasteiger partial charge >= 0.3 is 0 Å². The van der Waals surface area contributed by atoms with E-state index in [0.717, 1.165) is 110 Å². The van der Waals surface area contributed by atoms with Crippen LogP contribution in [0.25, 0.3) is 121 Å². The van der Waals surface area contributed by atoms with Crippen LogP contribution in [0.5, 0.6) is 0 Å². The maximum atomic E-state index is 13.8. The summed E-state index contributed by atoms with van der Waals surface area (Å²) >= 11 is 0. The Bertz CT molecular complexity index is 4240. The molecule has 10 aromatic carbocycles. The second-order valence-electron chi connectivity index (χ2n) is 16.8. The summed E-state index contributed by atoms with van der Waals surface area (Å²) in [5.74, 6) is 0. The molecule has 14 rings (SSSR count). The first-order chi connectivity index (χ1) is 32.6. The van der Waals surface area contributed by atoms with Crippen molar-refractivity contribution >= 4 is 76.5 Å². The van der Waals surface area contributed by atoms with Gasteiger partial charge < -0.3 is 0 Å². The van der Waals surface area contributed by atoms with Crippen LogP contribution in [0.15, 0.2) is 228 Å². The molecule has 0 N–H and O–H groups in total. The first-order valence-corrected chi connectivity index (χ1v) is 22.1. The molecule has 4 heterocycles. The van der Waals surface area contributed by atoms with E-state index in [1.165, 1.54) is 0 Å². The van der Waals surface area contributed by atoms with Gasteiger partial charge in [-0.1, -0.05) is 182 Å². The van der Waals surface area contributed by atoms with Crippen molar-refractivity contribution in [1.82, 2.24) is 18.8 Å². The first-order valence-electron chi connectivity index (χ1n) is 22.1. The van der Waals surface area contributed by atoms with Gasteiger partial charge in [0.25, 0.3) is 11.1 Å². The van der Waals surface area contributed by atoms with E-state index in [4.69, 9.17) is 9.97 Å². The summed E-state index contributed by atoms with van der Waals surface area (Å²) < 4.78 is 3.61. The third-order valence-corrected chi connectivity index (χ3v) is 13.1. The van der Waals surface area contributed by atoms with E-state index in [1.807, 2.05) is 114 Å². The third kappa shape index (κ3) is 5.75. The van der Waals surface area contributed by atoms with Crippen LogP contribution >= 0.6 is 0 Å². The van der Waals surface area contributed by atoms with Crippen molar-refractivity contribution in [2.75, 3.05) is 0 Å². The molecule has 0 fully saturated rings. The number of imidazole rings is 2. The van der Waals surface area contributed by atoms with E-state index >= 15 is 0 Å². The molecule has 66 heavy (non-hydrogen) atoms. The number of hydrogen-bond donors (Lipinski definition) is 0. The highest BCUT2D eigenvalue weighted by Crippen LogP contribution is 2.39. The van der Waals surface area contributed by atoms with Gasteiger partial charge in [-0.2, -0.15) is 0 Å². The molecule has 0 saturated heterocycles. The quantitative estimate of drug-likeness (QED) is 0.177. The van der Waals surface area contributed by atoms with Crippen molar-refractivity contribution in [3.05, 3.63) is 239 Å². The number of rotatable bonds is 4. The average molecular weight is 845 g/mol. The second-order valence-corrected chi connectivity index (χ2v) is 16.8. The standard InChI is InChI=1S/2C30H18N2O/c33-30-24-16-8-14-21-13-7-15-23(27(21)24)29-31-28-25(20-11-5-2-6-12-20)17-22(18-26(28)32(29)30)19-9-3-1-4-10-19;33-30-24-16-8-14-21-13-7-15-23(27(21)24)29-31-26-18-22(19-9-3-1-4-10-19)17-25(28(26)32(29)30)20-11-5-2-6-12-20/h2*1-18H. The van der Waals surface area contributed by atoms with Crippen molar-refractivity contribution in [3.63, 3.8) is 0 Å². The van der Waals surface area contributed by atoms with Crippen molar-refractivity contribution in [2.45, 2.75) is 0 Å². The van der Waals surface area contributed by atoms with Gasteiger partial charge in [0.2, 0.25) is 0 Å². The summed E-state index contributed by atoms with van der Waals surface area (Å²) in [7, 11) is 0. The fourth-order valence-corrected chi connectivity index (χ4v) is 10.1. The topological polar surface area (TPSA) is 68.7 Å². The van der Waals surface area contributed by atoms with Gasteiger partial charge in [-0.15, -0.1) is 0 Å². The third-order valence-electron chi connectivity index (χ3n) is 13.1. The molecule has 0 amide bonds. The molecule has 308 valence electrons. The molecule has 6 heteroatoms. The Balaban J connectivity index is 0.000000132. The van der Waals surface area contributed by atoms with E-state index in [1.54, 1.807) is 4.40 Å². The van der Waals surface area contributed by atoms with Crippen LogP contribution in [0.4, 0.5) is 0 Å². The van der Waals surface area contributed by atoms with E-state index in [-0.39, 0.29) is 11.1 Å². The predicted octanol–water partition coefficient (Wildman–Crippen LogP) is 13.9. The largest absolute Gasteiger partial charge is 0.268 e. The molecule has 0 spiro atoms. The lowest BCUT2D eigenvalue weighted by atomic mass is 9.97. The zero-order chi connectivity index (χ0) is 43.9. The summed E-state index contributed by atoms with van der Waals surface area (Å²) in [6, 6.07) is 73.8. The van der Waals surface area contributed by atoms with E-state index in [2.05, 4.69) is 109 Å². The molecule has 0 radical (unpaired) electrons. The van der Waals surface area contributed by atoms with Crippen molar-refractivity contribution in [1.29, 1.82) is 0 Å². The maximum Gasteiger partial charge on any atom is 0.264 e. The molecule has 0 saturated carbocycles. The van der Waals surface area contributed by atoms with Crippen LogP contribution in [0.2, 0.25) is 0 Å². The summed E-state index contributed by atoms with van der Waals surface area (Å²) in [6.07, 6.45) is 0. The van der Waals surface area contributed by atoms with E-state index < -0.39 is 0 Å². The Morgan fingerprint density at radius 2 is 0.758 bits per heavy atom. The van der Waals surface area contributed by atoms with Gasteiger partial charge in [0.15, 0.2) is 0 Å². The number of aromatic nitrogens is 4. The molecule has 0 unspecified atom stereocenters. The molecular formula is C60H36N4O2. The fraction of sp³-hybridized carbons (Fsp3) is 0. The van der Waals surface area contributed by atoms with Crippen molar-refractivity contribution in [2.24, 2.45) is 0 Å². The highest BCUT2D eigenvalue weighted by molar-refractivity contribution is 6.17. The lowest BCUT2D eigenvalue weighted by Gasteiger charge is -2.10. The molecule has 14 aromatic rings. The predicted molar refractivity (Wildman–Crippen MR) is 272 cm³/mol. The number of nitrogens with zero attached hydrogens (tertiary/aromatic N) is 4. The normalized spacial score (nSPS) is 11.8. The Hall–Kier alpha value is -9.00. The van der Waals surface area contributed by atoms with Gasteiger partial charge in [0.1, 0.15) is 11.3 Å². The average Bonchev–Trinajstić information content (AvgIpc) is 3.98. The molecule has 4 aromatic heterocycles. The summed E-state index contributed by atoms with van der Waals surface area (Å²) in [6.45, 7) is 0. The minimum absolute atomic E-state index is 0.0264. The molecule has 0 atom stereocenters. The van der Waals surface area contributed by atoms with Gasteiger partial charge in [-0.3, -0.25) is 18.4 Å². The van der Waals surface area contributed by atoms with Crippen LogP contribution in [0.3, 0.4) is 0 Å². The highest BCUT2D eigenvalue weighted by Gasteiger charge is 2.21. The minimum atomic E-state index is -0.0268. The molecule has 6 nitrogen and oxygen atoms in total. The van der Waals surface area contributed by atoms with Crippen LogP contribution in [0.1, 0.15) is 0 Å². The van der Waals surface area contributed by atoms with Crippen LogP contribution in [0, 0.1) is 0 Å². The van der Waals surface area contributed by atoms with Crippen LogP contribution < -0.4 is 11.1 Å². The molecule has 0 aliphatic carbocycles. The number of pyridine rings is 2. The second kappa shape index (κ2) is 14.8. The molecule has 0 aliphatic heterocycles. The van der Waals surface area contributed by atoms with Crippen molar-refractivity contribution < 1.29 is 0 Å². The molecule has 0 aliphatic rings. The van der Waals surface area contributed by atoms with Gasteiger partial charge in [0, 0.05) is 43.4 Å². The Labute approximate surface area is 377 Å². The Morgan fingerprint density at radius 1 is 0.333 bits per heavy atom. The SMILES string of the molecule is O=c1c2cccc3cccc(c32)c2nc3c(-c4ccccc4)cc(-c4ccccc4)cc3n12.O=c1c2cccc3cccc(c32)c2nc3cc(-c4ccccc4)cc(-c4ccccc4)c3n12. The van der Waals surface area contributed by atoms with Crippen LogP contribution in [-0.2, 0) is 0 Å². The Kier molecular flexibility index (Phi) is 8.42. The lowest BCUT2D eigenvalue weighted by molar-refractivity contribution is 1.19. The summed E-state index contributed by atoms with van der Waals surface area (Å²) in [4.78, 5) is 37.7. The first kappa shape index (κ1) is 37.5. The number of benzene rings is 10. The molecule has 0 bridgehead atoms. The number of hydrogen-bond acceptors (Lipinski definition) is 4. The number of fused-ring (bicyclic) bond motifs is 8. The minimum Gasteiger partial charge on any atom is -0.268 e. The van der Waals surface area contributed by atoms with Gasteiger partial charge in [-0.05, 0) is 80.6 Å². The summed E-state index contributed by atoms with van der Waals surface area (Å²) in [5.41, 5.74) is 13.3. The summed E-state index contributed by atoms with van der Waals surface area (Å²) in [5, 5.41) is 7.53. The van der Waals surface area contributed by atoms with Gasteiger partial charge in [-0.25, -0.2) is 9.97 Å². The maximum absolute atomic E-state index is 13.8. The smallest absolute Gasteiger partial charge is 0.264 e.